The SMILES string of the molecule is CCCCN(C)C(=O)C(=O)NCC1CCCO1. The third-order valence-electron chi connectivity index (χ3n) is 2.90. The summed E-state index contributed by atoms with van der Waals surface area (Å²) >= 11 is 0. The maximum Gasteiger partial charge on any atom is 0.311 e. The minimum absolute atomic E-state index is 0.0766. The first-order valence-corrected chi connectivity index (χ1v) is 6.30. The van der Waals surface area contributed by atoms with Crippen LogP contribution in [0.3, 0.4) is 0 Å². The highest BCUT2D eigenvalue weighted by Gasteiger charge is 2.21. The fraction of sp³-hybridized carbons (Fsp3) is 0.833. The number of carbonyl (C=O) groups excluding carboxylic acids is 2. The zero-order valence-corrected chi connectivity index (χ0v) is 10.7. The number of likely N-dealkylation sites (N-methyl/N-ethyl adjacent to an activating group) is 1. The number of amides is 2. The van der Waals surface area contributed by atoms with Gasteiger partial charge < -0.3 is 15.0 Å². The van der Waals surface area contributed by atoms with Gasteiger partial charge in [-0.3, -0.25) is 9.59 Å². The van der Waals surface area contributed by atoms with Crippen molar-refractivity contribution in [3.05, 3.63) is 0 Å². The Hall–Kier alpha value is -1.10. The number of hydrogen-bond acceptors (Lipinski definition) is 3. The van der Waals surface area contributed by atoms with E-state index in [4.69, 9.17) is 4.74 Å². The van der Waals surface area contributed by atoms with Crippen molar-refractivity contribution in [1.29, 1.82) is 0 Å². The van der Waals surface area contributed by atoms with Crippen molar-refractivity contribution in [2.45, 2.75) is 38.7 Å². The number of rotatable bonds is 5. The molecule has 0 bridgehead atoms. The van der Waals surface area contributed by atoms with Crippen LogP contribution in [0.15, 0.2) is 0 Å². The Kier molecular flexibility index (Phi) is 5.97. The second kappa shape index (κ2) is 7.27. The molecule has 0 saturated carbocycles. The summed E-state index contributed by atoms with van der Waals surface area (Å²) in [6.45, 7) is 3.87. The highest BCUT2D eigenvalue weighted by molar-refractivity contribution is 6.34. The fourth-order valence-corrected chi connectivity index (χ4v) is 1.76. The molecular formula is C12H22N2O3. The largest absolute Gasteiger partial charge is 0.376 e. The van der Waals surface area contributed by atoms with Crippen molar-refractivity contribution in [1.82, 2.24) is 10.2 Å². The molecule has 0 aromatic rings. The molecule has 17 heavy (non-hydrogen) atoms. The molecule has 2 amide bonds. The standard InChI is InChI=1S/C12H22N2O3/c1-3-4-7-14(2)12(16)11(15)13-9-10-6-5-8-17-10/h10H,3-9H2,1-2H3,(H,13,15). The van der Waals surface area contributed by atoms with Crippen LogP contribution in [0, 0.1) is 0 Å². The van der Waals surface area contributed by atoms with E-state index in [9.17, 15) is 9.59 Å². The van der Waals surface area contributed by atoms with E-state index in [1.807, 2.05) is 0 Å². The number of ether oxygens (including phenoxy) is 1. The van der Waals surface area contributed by atoms with Gasteiger partial charge in [0.05, 0.1) is 6.10 Å². The molecule has 0 aromatic heterocycles. The van der Waals surface area contributed by atoms with E-state index in [0.29, 0.717) is 13.1 Å². The summed E-state index contributed by atoms with van der Waals surface area (Å²) in [5.74, 6) is -0.990. The molecule has 1 fully saturated rings. The van der Waals surface area contributed by atoms with Gasteiger partial charge in [0.15, 0.2) is 0 Å². The van der Waals surface area contributed by atoms with Gasteiger partial charge >= 0.3 is 11.8 Å². The lowest BCUT2D eigenvalue weighted by molar-refractivity contribution is -0.145. The van der Waals surface area contributed by atoms with E-state index in [0.717, 1.165) is 32.3 Å². The minimum Gasteiger partial charge on any atom is -0.376 e. The van der Waals surface area contributed by atoms with Crippen molar-refractivity contribution in [3.63, 3.8) is 0 Å². The third-order valence-corrected chi connectivity index (χ3v) is 2.90. The lowest BCUT2D eigenvalue weighted by Gasteiger charge is -2.17. The zero-order valence-electron chi connectivity index (χ0n) is 10.7. The van der Waals surface area contributed by atoms with Crippen LogP contribution >= 0.6 is 0 Å². The molecule has 1 N–H and O–H groups in total. The molecule has 1 heterocycles. The summed E-state index contributed by atoms with van der Waals surface area (Å²) in [6.07, 6.45) is 3.99. The number of unbranched alkanes of at least 4 members (excludes halogenated alkanes) is 1. The van der Waals surface area contributed by atoms with Crippen molar-refractivity contribution in [3.8, 4) is 0 Å². The Morgan fingerprint density at radius 2 is 2.24 bits per heavy atom. The molecule has 1 atom stereocenters. The van der Waals surface area contributed by atoms with Gasteiger partial charge in [-0.25, -0.2) is 0 Å². The normalized spacial score (nSPS) is 19.1. The van der Waals surface area contributed by atoms with Gasteiger partial charge in [0.25, 0.3) is 0 Å². The Morgan fingerprint density at radius 1 is 1.47 bits per heavy atom. The van der Waals surface area contributed by atoms with Gasteiger partial charge in [-0.2, -0.15) is 0 Å². The van der Waals surface area contributed by atoms with Crippen LogP contribution in [0.25, 0.3) is 0 Å². The fourth-order valence-electron chi connectivity index (χ4n) is 1.76. The molecule has 0 aromatic carbocycles. The molecule has 5 nitrogen and oxygen atoms in total. The van der Waals surface area contributed by atoms with Crippen LogP contribution in [0.2, 0.25) is 0 Å². The smallest absolute Gasteiger partial charge is 0.311 e. The van der Waals surface area contributed by atoms with Gasteiger partial charge in [-0.15, -0.1) is 0 Å². The number of carbonyl (C=O) groups is 2. The molecule has 0 radical (unpaired) electrons. The van der Waals surface area contributed by atoms with Crippen molar-refractivity contribution in [2.24, 2.45) is 0 Å². The molecule has 5 heteroatoms. The Bertz CT molecular complexity index is 262. The number of nitrogens with zero attached hydrogens (tertiary/aromatic N) is 1. The third kappa shape index (κ3) is 4.73. The molecule has 1 aliphatic rings. The summed E-state index contributed by atoms with van der Waals surface area (Å²) in [6, 6.07) is 0. The van der Waals surface area contributed by atoms with E-state index >= 15 is 0 Å². The summed E-state index contributed by atoms with van der Waals surface area (Å²) in [7, 11) is 1.66. The van der Waals surface area contributed by atoms with Crippen molar-refractivity contribution >= 4 is 11.8 Å². The highest BCUT2D eigenvalue weighted by Crippen LogP contribution is 2.10. The van der Waals surface area contributed by atoms with Gasteiger partial charge in [0.1, 0.15) is 0 Å². The van der Waals surface area contributed by atoms with Crippen LogP contribution in [0.4, 0.5) is 0 Å². The summed E-state index contributed by atoms with van der Waals surface area (Å²) in [4.78, 5) is 24.6. The topological polar surface area (TPSA) is 58.6 Å². The Balaban J connectivity index is 2.23. The zero-order chi connectivity index (χ0) is 12.7. The van der Waals surface area contributed by atoms with E-state index < -0.39 is 11.8 Å². The predicted molar refractivity (Wildman–Crippen MR) is 64.5 cm³/mol. The Morgan fingerprint density at radius 3 is 2.82 bits per heavy atom. The molecule has 0 spiro atoms. The van der Waals surface area contributed by atoms with E-state index in [1.165, 1.54) is 4.90 Å². The average molecular weight is 242 g/mol. The van der Waals surface area contributed by atoms with Crippen LogP contribution in [0.5, 0.6) is 0 Å². The van der Waals surface area contributed by atoms with Gasteiger partial charge in [-0.1, -0.05) is 13.3 Å². The predicted octanol–water partition coefficient (Wildman–Crippen LogP) is 0.540. The second-order valence-corrected chi connectivity index (χ2v) is 4.43. The minimum atomic E-state index is -0.529. The molecular weight excluding hydrogens is 220 g/mol. The van der Waals surface area contributed by atoms with Crippen LogP contribution in [-0.2, 0) is 14.3 Å². The van der Waals surface area contributed by atoms with E-state index in [-0.39, 0.29) is 6.10 Å². The van der Waals surface area contributed by atoms with Crippen molar-refractivity contribution < 1.29 is 14.3 Å². The maximum absolute atomic E-state index is 11.6. The molecule has 1 unspecified atom stereocenters. The molecule has 98 valence electrons. The lowest BCUT2D eigenvalue weighted by atomic mass is 10.2. The van der Waals surface area contributed by atoms with Gasteiger partial charge in [0.2, 0.25) is 0 Å². The van der Waals surface area contributed by atoms with Crippen LogP contribution < -0.4 is 5.32 Å². The van der Waals surface area contributed by atoms with E-state index in [1.54, 1.807) is 7.05 Å². The summed E-state index contributed by atoms with van der Waals surface area (Å²) < 4.78 is 5.37. The highest BCUT2D eigenvalue weighted by atomic mass is 16.5. The maximum atomic E-state index is 11.6. The van der Waals surface area contributed by atoms with Crippen LogP contribution in [0.1, 0.15) is 32.6 Å². The molecule has 1 saturated heterocycles. The molecule has 1 aliphatic heterocycles. The summed E-state index contributed by atoms with van der Waals surface area (Å²) in [5, 5.41) is 2.63. The van der Waals surface area contributed by atoms with Gasteiger partial charge in [-0.05, 0) is 19.3 Å². The lowest BCUT2D eigenvalue weighted by Crippen LogP contribution is -2.43. The number of nitrogens with one attached hydrogen (secondary N) is 1. The first-order chi connectivity index (χ1) is 8.15. The van der Waals surface area contributed by atoms with Crippen molar-refractivity contribution in [2.75, 3.05) is 26.7 Å². The molecule has 0 aliphatic carbocycles. The van der Waals surface area contributed by atoms with Gasteiger partial charge in [0, 0.05) is 26.7 Å². The quantitative estimate of drug-likeness (QED) is 0.716. The monoisotopic (exact) mass is 242 g/mol. The summed E-state index contributed by atoms with van der Waals surface area (Å²) in [5.41, 5.74) is 0. The second-order valence-electron chi connectivity index (χ2n) is 4.43. The molecule has 1 rings (SSSR count). The first-order valence-electron chi connectivity index (χ1n) is 6.30. The van der Waals surface area contributed by atoms with Crippen LogP contribution in [-0.4, -0.2) is 49.6 Å². The average Bonchev–Trinajstić information content (AvgIpc) is 2.85. The first kappa shape index (κ1) is 14.0. The van der Waals surface area contributed by atoms with E-state index in [2.05, 4.69) is 12.2 Å². The Labute approximate surface area is 102 Å². The number of hydrogen-bond donors (Lipinski definition) is 1.